The molecule has 2 N–H and O–H groups in total. The van der Waals surface area contributed by atoms with Crippen molar-refractivity contribution in [1.29, 1.82) is 0 Å². The standard InChI is InChI=1S/C17H14N6OS/c1-9-8-25-13-4-3-10(7-12(13)22(9)2)23-14-11-5-6-18-15(11)20-21-16(14)19-17(23)24/h3-7H,1,8H2,2H3,(H,18,20)(H,19,21,24). The summed E-state index contributed by atoms with van der Waals surface area (Å²) in [6.45, 7) is 4.10. The van der Waals surface area contributed by atoms with Crippen LogP contribution in [0.5, 0.6) is 0 Å². The average molecular weight is 350 g/mol. The first-order chi connectivity index (χ1) is 12.1. The van der Waals surface area contributed by atoms with Crippen LogP contribution in [0.25, 0.3) is 27.9 Å². The van der Waals surface area contributed by atoms with Gasteiger partial charge in [0.05, 0.1) is 11.4 Å². The number of fused-ring (bicyclic) bond motifs is 4. The molecule has 0 aliphatic carbocycles. The normalized spacial score (nSPS) is 14.4. The van der Waals surface area contributed by atoms with Gasteiger partial charge < -0.3 is 9.88 Å². The Kier molecular flexibility index (Phi) is 2.87. The van der Waals surface area contributed by atoms with Crippen molar-refractivity contribution in [2.45, 2.75) is 4.90 Å². The third-order valence-corrected chi connectivity index (χ3v) is 5.67. The lowest BCUT2D eigenvalue weighted by atomic mass is 10.2. The number of H-pyrrole nitrogens is 2. The number of rotatable bonds is 1. The fourth-order valence-corrected chi connectivity index (χ4v) is 4.21. The first-order valence-electron chi connectivity index (χ1n) is 7.77. The summed E-state index contributed by atoms with van der Waals surface area (Å²) in [7, 11) is 2.00. The molecule has 7 nitrogen and oxygen atoms in total. The molecule has 5 rings (SSSR count). The van der Waals surface area contributed by atoms with Gasteiger partial charge >= 0.3 is 5.69 Å². The van der Waals surface area contributed by atoms with Gasteiger partial charge in [-0.25, -0.2) is 4.79 Å². The molecule has 4 aromatic rings. The van der Waals surface area contributed by atoms with E-state index in [0.29, 0.717) is 11.3 Å². The first kappa shape index (κ1) is 14.4. The van der Waals surface area contributed by atoms with Gasteiger partial charge in [-0.05, 0) is 24.3 Å². The van der Waals surface area contributed by atoms with E-state index < -0.39 is 0 Å². The molecule has 0 amide bonds. The maximum absolute atomic E-state index is 12.6. The van der Waals surface area contributed by atoms with Gasteiger partial charge in [0.2, 0.25) is 0 Å². The third kappa shape index (κ3) is 1.97. The van der Waals surface area contributed by atoms with Crippen molar-refractivity contribution in [2.24, 2.45) is 0 Å². The smallest absolute Gasteiger partial charge is 0.332 e. The topological polar surface area (TPSA) is 82.6 Å². The number of nitrogens with zero attached hydrogens (tertiary/aromatic N) is 4. The number of anilines is 1. The van der Waals surface area contributed by atoms with Gasteiger partial charge in [0, 0.05) is 35.0 Å². The molecule has 0 fully saturated rings. The van der Waals surface area contributed by atoms with Gasteiger partial charge in [0.15, 0.2) is 11.3 Å². The Hall–Kier alpha value is -3.00. The second-order valence-electron chi connectivity index (χ2n) is 5.97. The molecule has 0 unspecified atom stereocenters. The van der Waals surface area contributed by atoms with Crippen molar-refractivity contribution >= 4 is 39.6 Å². The second kappa shape index (κ2) is 5.00. The summed E-state index contributed by atoms with van der Waals surface area (Å²) < 4.78 is 1.65. The van der Waals surface area contributed by atoms with E-state index in [2.05, 4.69) is 31.6 Å². The molecule has 0 radical (unpaired) electrons. The zero-order chi connectivity index (χ0) is 17.1. The first-order valence-corrected chi connectivity index (χ1v) is 8.75. The molecule has 1 aromatic carbocycles. The Morgan fingerprint density at radius 3 is 2.96 bits per heavy atom. The van der Waals surface area contributed by atoms with Crippen LogP contribution in [0.2, 0.25) is 0 Å². The molecule has 0 atom stereocenters. The van der Waals surface area contributed by atoms with Gasteiger partial charge in [0.1, 0.15) is 5.52 Å². The number of hydrogen-bond donors (Lipinski definition) is 2. The van der Waals surface area contributed by atoms with Crippen LogP contribution in [0.4, 0.5) is 5.69 Å². The molecule has 0 spiro atoms. The van der Waals surface area contributed by atoms with E-state index in [4.69, 9.17) is 0 Å². The lowest BCUT2D eigenvalue weighted by Crippen LogP contribution is -2.22. The number of aromatic amines is 2. The monoisotopic (exact) mass is 350 g/mol. The highest BCUT2D eigenvalue weighted by Crippen LogP contribution is 2.39. The molecule has 0 bridgehead atoms. The highest BCUT2D eigenvalue weighted by molar-refractivity contribution is 7.99. The molecule has 1 aliphatic rings. The van der Waals surface area contributed by atoms with Crippen molar-refractivity contribution in [3.8, 4) is 5.69 Å². The predicted molar refractivity (Wildman–Crippen MR) is 99.6 cm³/mol. The minimum absolute atomic E-state index is 0.233. The highest BCUT2D eigenvalue weighted by Gasteiger charge is 2.20. The second-order valence-corrected chi connectivity index (χ2v) is 6.99. The Bertz CT molecular complexity index is 1220. The van der Waals surface area contributed by atoms with Crippen LogP contribution in [0, 0.1) is 0 Å². The van der Waals surface area contributed by atoms with E-state index in [1.165, 1.54) is 4.90 Å². The number of benzene rings is 1. The Labute approximate surface area is 146 Å². The van der Waals surface area contributed by atoms with Crippen molar-refractivity contribution < 1.29 is 0 Å². The maximum Gasteiger partial charge on any atom is 0.332 e. The van der Waals surface area contributed by atoms with Crippen LogP contribution in [0.15, 0.2) is 52.4 Å². The van der Waals surface area contributed by atoms with Gasteiger partial charge in [-0.15, -0.1) is 22.0 Å². The van der Waals surface area contributed by atoms with Gasteiger partial charge in [-0.2, -0.15) is 0 Å². The Morgan fingerprint density at radius 2 is 2.08 bits per heavy atom. The zero-order valence-electron chi connectivity index (χ0n) is 13.4. The number of aromatic nitrogens is 5. The van der Waals surface area contributed by atoms with Crippen LogP contribution in [-0.4, -0.2) is 37.5 Å². The molecular formula is C17H14N6OS. The van der Waals surface area contributed by atoms with Crippen LogP contribution in [0.3, 0.4) is 0 Å². The molecule has 0 saturated heterocycles. The van der Waals surface area contributed by atoms with Crippen molar-refractivity contribution in [1.82, 2.24) is 24.7 Å². The molecule has 1 aliphatic heterocycles. The average Bonchev–Trinajstić information content (AvgIpc) is 3.21. The quantitative estimate of drug-likeness (QED) is 0.551. The largest absolute Gasteiger partial charge is 0.347 e. The minimum atomic E-state index is -0.233. The van der Waals surface area contributed by atoms with E-state index in [9.17, 15) is 4.79 Å². The van der Waals surface area contributed by atoms with E-state index in [-0.39, 0.29) is 5.69 Å². The van der Waals surface area contributed by atoms with Crippen LogP contribution < -0.4 is 10.6 Å². The highest BCUT2D eigenvalue weighted by atomic mass is 32.2. The molecule has 3 aromatic heterocycles. The number of hydrogen-bond acceptors (Lipinski definition) is 5. The van der Waals surface area contributed by atoms with E-state index >= 15 is 0 Å². The summed E-state index contributed by atoms with van der Waals surface area (Å²) in [5, 5.41) is 9.07. The molecule has 4 heterocycles. The van der Waals surface area contributed by atoms with E-state index in [1.807, 2.05) is 31.3 Å². The van der Waals surface area contributed by atoms with Crippen LogP contribution in [0.1, 0.15) is 0 Å². The Morgan fingerprint density at radius 1 is 1.24 bits per heavy atom. The fraction of sp³-hybridized carbons (Fsp3) is 0.118. The summed E-state index contributed by atoms with van der Waals surface area (Å²) in [5.74, 6) is 0.870. The van der Waals surface area contributed by atoms with Gasteiger partial charge in [-0.3, -0.25) is 9.55 Å². The van der Waals surface area contributed by atoms with Crippen LogP contribution in [-0.2, 0) is 0 Å². The molecule has 8 heteroatoms. The fourth-order valence-electron chi connectivity index (χ4n) is 3.18. The van der Waals surface area contributed by atoms with Gasteiger partial charge in [0.25, 0.3) is 0 Å². The van der Waals surface area contributed by atoms with Crippen LogP contribution >= 0.6 is 11.8 Å². The number of thioether (sulfide) groups is 1. The lowest BCUT2D eigenvalue weighted by molar-refractivity contribution is 0.999. The van der Waals surface area contributed by atoms with Crippen molar-refractivity contribution in [3.05, 3.63) is 53.2 Å². The zero-order valence-corrected chi connectivity index (χ0v) is 14.2. The number of imidazole rings is 1. The minimum Gasteiger partial charge on any atom is -0.347 e. The summed E-state index contributed by atoms with van der Waals surface area (Å²) in [6, 6.07) is 7.92. The summed E-state index contributed by atoms with van der Waals surface area (Å²) in [6.07, 6.45) is 1.79. The lowest BCUT2D eigenvalue weighted by Gasteiger charge is -2.29. The number of nitrogens with one attached hydrogen (secondary N) is 2. The Balaban J connectivity index is 1.82. The molecule has 124 valence electrons. The SMILES string of the molecule is C=C1CSc2ccc(-n3c(=O)[nH]c4nnc5[nH]ccc5c43)cc2N1C. The van der Waals surface area contributed by atoms with E-state index in [0.717, 1.165) is 33.7 Å². The third-order valence-electron chi connectivity index (χ3n) is 4.54. The predicted octanol–water partition coefficient (Wildman–Crippen LogP) is 2.65. The molecule has 25 heavy (non-hydrogen) atoms. The summed E-state index contributed by atoms with van der Waals surface area (Å²) in [5.41, 5.74) is 4.49. The van der Waals surface area contributed by atoms with Crippen molar-refractivity contribution in [2.75, 3.05) is 17.7 Å². The van der Waals surface area contributed by atoms with E-state index in [1.54, 1.807) is 22.5 Å². The summed E-state index contributed by atoms with van der Waals surface area (Å²) in [4.78, 5) is 21.7. The summed E-state index contributed by atoms with van der Waals surface area (Å²) >= 11 is 1.75. The molecular weight excluding hydrogens is 336 g/mol. The maximum atomic E-state index is 12.6. The molecule has 0 saturated carbocycles. The van der Waals surface area contributed by atoms with Crippen molar-refractivity contribution in [3.63, 3.8) is 0 Å². The van der Waals surface area contributed by atoms with Gasteiger partial charge in [-0.1, -0.05) is 6.58 Å².